The van der Waals surface area contributed by atoms with Crippen LogP contribution >= 0.6 is 0 Å². The number of carbonyl (C=O) groups excluding carboxylic acids is 2. The lowest BCUT2D eigenvalue weighted by atomic mass is 9.72. The van der Waals surface area contributed by atoms with Gasteiger partial charge < -0.3 is 25.2 Å². The average Bonchev–Trinajstić information content (AvgIpc) is 2.82. The first-order valence-corrected chi connectivity index (χ1v) is 14.4. The van der Waals surface area contributed by atoms with Gasteiger partial charge in [0.1, 0.15) is 6.04 Å². The van der Waals surface area contributed by atoms with Gasteiger partial charge in [-0.2, -0.15) is 0 Å². The Morgan fingerprint density at radius 3 is 2.26 bits per heavy atom. The summed E-state index contributed by atoms with van der Waals surface area (Å²) in [6, 6.07) is 0.722. The molecule has 0 unspecified atom stereocenters. The van der Waals surface area contributed by atoms with E-state index >= 15 is 0 Å². The zero-order valence-corrected chi connectivity index (χ0v) is 23.1. The van der Waals surface area contributed by atoms with Crippen LogP contribution in [0.3, 0.4) is 0 Å². The van der Waals surface area contributed by atoms with Crippen LogP contribution in [0.15, 0.2) is 0 Å². The Morgan fingerprint density at radius 1 is 0.943 bits per heavy atom. The summed E-state index contributed by atoms with van der Waals surface area (Å²) in [4.78, 5) is 32.2. The van der Waals surface area contributed by atoms with Crippen molar-refractivity contribution in [2.45, 2.75) is 117 Å². The fourth-order valence-electron chi connectivity index (χ4n) is 6.18. The number of ether oxygens (including phenoxy) is 1. The van der Waals surface area contributed by atoms with Crippen LogP contribution in [0.1, 0.15) is 92.4 Å². The molecular weight excluding hydrogens is 440 g/mol. The Hall–Kier alpha value is -1.18. The number of nitrogens with zero attached hydrogens (tertiary/aromatic N) is 2. The molecule has 3 heterocycles. The van der Waals surface area contributed by atoms with Crippen molar-refractivity contribution in [2.75, 3.05) is 39.4 Å². The number of nitrogens with one attached hydrogen (secondary N) is 2. The van der Waals surface area contributed by atoms with E-state index in [0.717, 1.165) is 58.2 Å². The van der Waals surface area contributed by atoms with Crippen molar-refractivity contribution in [3.8, 4) is 0 Å². The van der Waals surface area contributed by atoms with Gasteiger partial charge in [0.25, 0.3) is 0 Å². The molecule has 202 valence electrons. The average molecular weight is 493 g/mol. The summed E-state index contributed by atoms with van der Waals surface area (Å²) in [5, 5.41) is 6.30. The minimum absolute atomic E-state index is 0.0590. The van der Waals surface area contributed by atoms with E-state index in [4.69, 9.17) is 4.74 Å². The summed E-state index contributed by atoms with van der Waals surface area (Å²) in [5.41, 5.74) is -0.360. The van der Waals surface area contributed by atoms with Crippen molar-refractivity contribution >= 4 is 11.8 Å². The molecule has 0 saturated carbocycles. The molecule has 7 nitrogen and oxygen atoms in total. The first-order chi connectivity index (χ1) is 16.7. The summed E-state index contributed by atoms with van der Waals surface area (Å²) in [5.74, 6) is 0.351. The molecule has 2 N–H and O–H groups in total. The molecule has 35 heavy (non-hydrogen) atoms. The molecule has 0 radical (unpaired) electrons. The minimum Gasteiger partial charge on any atom is -0.379 e. The van der Waals surface area contributed by atoms with Gasteiger partial charge in [-0.25, -0.2) is 0 Å². The van der Waals surface area contributed by atoms with Gasteiger partial charge in [-0.05, 0) is 97.8 Å². The summed E-state index contributed by atoms with van der Waals surface area (Å²) < 4.78 is 5.80. The standard InChI is InChI=1S/C28H52N4O3/c1-21(2)19-25-26(33)29-23(5)20-35-18-8-6-7-11-28(27(34)30-25)12-16-32(17-13-28)24-9-14-31(15-10-24)22(3)4/h21-25H,6-20H2,1-5H3,(H,29,33)(H,30,34)/t23-,25+/m1/s1. The van der Waals surface area contributed by atoms with Crippen molar-refractivity contribution in [1.82, 2.24) is 20.4 Å². The molecule has 3 fully saturated rings. The van der Waals surface area contributed by atoms with Crippen LogP contribution in [0, 0.1) is 11.3 Å². The highest BCUT2D eigenvalue weighted by Gasteiger charge is 2.43. The maximum Gasteiger partial charge on any atom is 0.242 e. The second-order valence-corrected chi connectivity index (χ2v) is 12.1. The maximum atomic E-state index is 13.8. The third kappa shape index (κ3) is 8.16. The van der Waals surface area contributed by atoms with Crippen LogP contribution in [0.5, 0.6) is 0 Å². The van der Waals surface area contributed by atoms with Gasteiger partial charge >= 0.3 is 0 Å². The zero-order chi connectivity index (χ0) is 25.4. The molecule has 3 aliphatic heterocycles. The molecule has 2 atom stereocenters. The number of piperidine rings is 2. The van der Waals surface area contributed by atoms with E-state index in [-0.39, 0.29) is 23.3 Å². The summed E-state index contributed by atoms with van der Waals surface area (Å²) in [7, 11) is 0. The summed E-state index contributed by atoms with van der Waals surface area (Å²) in [6.07, 6.45) is 8.95. The molecule has 7 heteroatoms. The van der Waals surface area contributed by atoms with Crippen LogP contribution in [-0.2, 0) is 14.3 Å². The second kappa shape index (κ2) is 13.4. The number of hydrogen-bond acceptors (Lipinski definition) is 5. The lowest BCUT2D eigenvalue weighted by molar-refractivity contribution is -0.139. The molecule has 3 rings (SSSR count). The van der Waals surface area contributed by atoms with Crippen LogP contribution < -0.4 is 10.6 Å². The van der Waals surface area contributed by atoms with E-state index in [9.17, 15) is 9.59 Å². The SMILES string of the molecule is CC(C)C[C@@H]1NC(=O)C2(CCCCCOC[C@@H](C)NC1=O)CCN(C1CCN(C(C)C)CC1)CC2. The smallest absolute Gasteiger partial charge is 0.242 e. The first kappa shape index (κ1) is 28.4. The number of amides is 2. The van der Waals surface area contributed by atoms with Crippen LogP contribution in [0.25, 0.3) is 0 Å². The second-order valence-electron chi connectivity index (χ2n) is 12.1. The Balaban J connectivity index is 1.67. The van der Waals surface area contributed by atoms with Crippen molar-refractivity contribution in [3.05, 3.63) is 0 Å². The molecule has 0 bridgehead atoms. The molecular formula is C28H52N4O3. The Morgan fingerprint density at radius 2 is 1.63 bits per heavy atom. The third-order valence-corrected chi connectivity index (χ3v) is 8.51. The lowest BCUT2D eigenvalue weighted by Gasteiger charge is -2.46. The van der Waals surface area contributed by atoms with Gasteiger partial charge in [-0.3, -0.25) is 9.59 Å². The van der Waals surface area contributed by atoms with Gasteiger partial charge in [0.2, 0.25) is 11.8 Å². The van der Waals surface area contributed by atoms with Gasteiger partial charge in [0.15, 0.2) is 0 Å². The monoisotopic (exact) mass is 492 g/mol. The molecule has 0 aliphatic carbocycles. The van der Waals surface area contributed by atoms with Crippen LogP contribution in [-0.4, -0.2) is 85.2 Å². The minimum atomic E-state index is -0.483. The van der Waals surface area contributed by atoms with Crippen molar-refractivity contribution < 1.29 is 14.3 Å². The Labute approximate surface area is 214 Å². The Bertz CT molecular complexity index is 667. The topological polar surface area (TPSA) is 73.9 Å². The molecule has 3 saturated heterocycles. The highest BCUT2D eigenvalue weighted by atomic mass is 16.5. The van der Waals surface area contributed by atoms with Gasteiger partial charge in [-0.1, -0.05) is 26.7 Å². The number of carbonyl (C=O) groups is 2. The molecule has 0 aromatic carbocycles. The molecule has 1 spiro atoms. The summed E-state index contributed by atoms with van der Waals surface area (Å²) in [6.45, 7) is 16.3. The lowest BCUT2D eigenvalue weighted by Crippen LogP contribution is -2.57. The van der Waals surface area contributed by atoms with E-state index in [0.29, 0.717) is 31.0 Å². The van der Waals surface area contributed by atoms with Crippen molar-refractivity contribution in [2.24, 2.45) is 11.3 Å². The molecule has 0 aromatic heterocycles. The highest BCUT2D eigenvalue weighted by Crippen LogP contribution is 2.39. The quantitative estimate of drug-likeness (QED) is 0.628. The predicted molar refractivity (Wildman–Crippen MR) is 141 cm³/mol. The zero-order valence-electron chi connectivity index (χ0n) is 23.1. The maximum absolute atomic E-state index is 13.8. The summed E-state index contributed by atoms with van der Waals surface area (Å²) >= 11 is 0. The van der Waals surface area contributed by atoms with Gasteiger partial charge in [0.05, 0.1) is 12.0 Å². The van der Waals surface area contributed by atoms with Gasteiger partial charge in [0, 0.05) is 24.7 Å². The van der Waals surface area contributed by atoms with E-state index in [1.54, 1.807) is 0 Å². The number of hydrogen-bond donors (Lipinski definition) is 2. The van der Waals surface area contributed by atoms with E-state index in [1.807, 2.05) is 6.92 Å². The first-order valence-electron chi connectivity index (χ1n) is 14.4. The number of likely N-dealkylation sites (tertiary alicyclic amines) is 2. The normalized spacial score (nSPS) is 29.2. The third-order valence-electron chi connectivity index (χ3n) is 8.51. The van der Waals surface area contributed by atoms with Crippen LogP contribution in [0.2, 0.25) is 0 Å². The van der Waals surface area contributed by atoms with E-state index < -0.39 is 6.04 Å². The largest absolute Gasteiger partial charge is 0.379 e. The van der Waals surface area contributed by atoms with Crippen molar-refractivity contribution in [1.29, 1.82) is 0 Å². The highest BCUT2D eigenvalue weighted by molar-refractivity contribution is 5.90. The Kier molecular flexibility index (Phi) is 10.9. The van der Waals surface area contributed by atoms with E-state index in [1.165, 1.54) is 25.9 Å². The fraction of sp³-hybridized carbons (Fsp3) is 0.929. The van der Waals surface area contributed by atoms with Crippen LogP contribution in [0.4, 0.5) is 0 Å². The molecule has 3 aliphatic rings. The fourth-order valence-corrected chi connectivity index (χ4v) is 6.18. The number of rotatable bonds is 4. The molecule has 0 aromatic rings. The predicted octanol–water partition coefficient (Wildman–Crippen LogP) is 3.57. The van der Waals surface area contributed by atoms with E-state index in [2.05, 4.69) is 48.1 Å². The van der Waals surface area contributed by atoms with Crippen molar-refractivity contribution in [3.63, 3.8) is 0 Å². The molecule has 2 amide bonds. The van der Waals surface area contributed by atoms with Gasteiger partial charge in [-0.15, -0.1) is 0 Å².